The molecule has 0 spiro atoms. The Labute approximate surface area is 173 Å². The lowest BCUT2D eigenvalue weighted by atomic mass is 10.2. The topological polar surface area (TPSA) is 29.5 Å². The molecule has 1 aliphatic heterocycles. The minimum absolute atomic E-state index is 0.0920. The molecule has 1 aliphatic rings. The second-order valence-electron chi connectivity index (χ2n) is 6.20. The largest absolute Gasteiger partial charge is 0.489 e. The van der Waals surface area contributed by atoms with Crippen molar-refractivity contribution in [1.82, 2.24) is 0 Å². The molecule has 0 N–H and O–H groups in total. The second-order valence-corrected chi connectivity index (χ2v) is 7.87. The average Bonchev–Trinajstić information content (AvgIpc) is 3.02. The van der Waals surface area contributed by atoms with E-state index >= 15 is 0 Å². The summed E-state index contributed by atoms with van der Waals surface area (Å²) in [5.74, 6) is 0.698. The number of para-hydroxylation sites is 1. The molecular weight excluding hydrogens is 386 g/mol. The molecule has 28 heavy (non-hydrogen) atoms. The van der Waals surface area contributed by atoms with Gasteiger partial charge in [-0.05, 0) is 41.5 Å². The highest BCUT2D eigenvalue weighted by molar-refractivity contribution is 8.27. The predicted octanol–water partition coefficient (Wildman–Crippen LogP) is 5.67. The van der Waals surface area contributed by atoms with Gasteiger partial charge in [-0.1, -0.05) is 84.6 Å². The maximum absolute atomic E-state index is 12.8. The van der Waals surface area contributed by atoms with Gasteiger partial charge in [0.2, 0.25) is 0 Å². The van der Waals surface area contributed by atoms with Gasteiger partial charge in [-0.2, -0.15) is 0 Å². The quantitative estimate of drug-likeness (QED) is 0.405. The van der Waals surface area contributed by atoms with Crippen LogP contribution in [0.4, 0.5) is 5.69 Å². The molecule has 1 heterocycles. The first-order chi connectivity index (χ1) is 13.7. The van der Waals surface area contributed by atoms with E-state index < -0.39 is 0 Å². The molecule has 3 nitrogen and oxygen atoms in total. The van der Waals surface area contributed by atoms with Gasteiger partial charge >= 0.3 is 0 Å². The second kappa shape index (κ2) is 8.42. The van der Waals surface area contributed by atoms with Crippen LogP contribution in [0.1, 0.15) is 11.1 Å². The van der Waals surface area contributed by atoms with Crippen molar-refractivity contribution in [2.24, 2.45) is 0 Å². The van der Waals surface area contributed by atoms with Crippen molar-refractivity contribution in [1.29, 1.82) is 0 Å². The molecule has 1 amide bonds. The normalized spacial score (nSPS) is 15.3. The Morgan fingerprint density at radius 2 is 1.54 bits per heavy atom. The fraction of sp³-hybridized carbons (Fsp3) is 0.0435. The summed E-state index contributed by atoms with van der Waals surface area (Å²) in [7, 11) is 0. The van der Waals surface area contributed by atoms with Gasteiger partial charge in [0, 0.05) is 0 Å². The average molecular weight is 404 g/mol. The summed E-state index contributed by atoms with van der Waals surface area (Å²) in [4.78, 5) is 15.0. The molecule has 0 aromatic heterocycles. The summed E-state index contributed by atoms with van der Waals surface area (Å²) < 4.78 is 6.35. The number of carbonyl (C=O) groups is 1. The Bertz CT molecular complexity index is 1020. The molecule has 1 fully saturated rings. The van der Waals surface area contributed by atoms with Crippen LogP contribution in [0.15, 0.2) is 89.8 Å². The number of ether oxygens (including phenoxy) is 1. The van der Waals surface area contributed by atoms with Crippen LogP contribution in [0.25, 0.3) is 6.08 Å². The van der Waals surface area contributed by atoms with Crippen LogP contribution in [0.2, 0.25) is 0 Å². The van der Waals surface area contributed by atoms with Crippen molar-refractivity contribution in [3.63, 3.8) is 0 Å². The minimum Gasteiger partial charge on any atom is -0.489 e. The number of rotatable bonds is 5. The highest BCUT2D eigenvalue weighted by Crippen LogP contribution is 2.36. The first-order valence-electron chi connectivity index (χ1n) is 8.80. The van der Waals surface area contributed by atoms with Gasteiger partial charge in [0.15, 0.2) is 4.32 Å². The zero-order valence-corrected chi connectivity index (χ0v) is 16.6. The number of thioether (sulfide) groups is 1. The lowest BCUT2D eigenvalue weighted by Gasteiger charge is -2.13. The SMILES string of the molecule is O=C1/C(=C\c2ccc(OCc3ccccc3)cc2)SC(=S)N1c1ccccc1. The molecule has 0 radical (unpaired) electrons. The fourth-order valence-corrected chi connectivity index (χ4v) is 4.12. The van der Waals surface area contributed by atoms with Crippen LogP contribution in [0.3, 0.4) is 0 Å². The number of nitrogens with zero attached hydrogens (tertiary/aromatic N) is 1. The molecule has 1 saturated heterocycles. The lowest BCUT2D eigenvalue weighted by Crippen LogP contribution is -2.27. The third-order valence-corrected chi connectivity index (χ3v) is 5.54. The van der Waals surface area contributed by atoms with E-state index in [0.29, 0.717) is 15.8 Å². The Hall–Kier alpha value is -2.89. The molecule has 0 atom stereocenters. The van der Waals surface area contributed by atoms with Crippen molar-refractivity contribution in [2.75, 3.05) is 4.90 Å². The van der Waals surface area contributed by atoms with Crippen LogP contribution in [0, 0.1) is 0 Å². The van der Waals surface area contributed by atoms with Crippen molar-refractivity contribution < 1.29 is 9.53 Å². The van der Waals surface area contributed by atoms with Crippen molar-refractivity contribution in [3.05, 3.63) is 101 Å². The molecule has 3 aromatic carbocycles. The van der Waals surface area contributed by atoms with E-state index in [1.54, 1.807) is 4.90 Å². The Morgan fingerprint density at radius 1 is 0.893 bits per heavy atom. The highest BCUT2D eigenvalue weighted by atomic mass is 32.2. The van der Waals surface area contributed by atoms with Gasteiger partial charge < -0.3 is 4.74 Å². The maximum atomic E-state index is 12.8. The number of anilines is 1. The predicted molar refractivity (Wildman–Crippen MR) is 119 cm³/mol. The molecule has 3 aromatic rings. The van der Waals surface area contributed by atoms with E-state index in [2.05, 4.69) is 0 Å². The van der Waals surface area contributed by atoms with E-state index in [4.69, 9.17) is 17.0 Å². The Morgan fingerprint density at radius 3 is 2.21 bits per heavy atom. The van der Waals surface area contributed by atoms with Gasteiger partial charge in [-0.15, -0.1) is 0 Å². The molecule has 138 valence electrons. The first kappa shape index (κ1) is 18.5. The summed E-state index contributed by atoms with van der Waals surface area (Å²) in [5.41, 5.74) is 2.84. The molecular formula is C23H17NO2S2. The third kappa shape index (κ3) is 4.16. The summed E-state index contributed by atoms with van der Waals surface area (Å²) in [6.07, 6.45) is 1.86. The Kier molecular flexibility index (Phi) is 5.55. The van der Waals surface area contributed by atoms with Gasteiger partial charge in [0.1, 0.15) is 12.4 Å². The standard InChI is InChI=1S/C23H17NO2S2/c25-22-21(28-23(27)24(22)19-9-5-2-6-10-19)15-17-11-13-20(14-12-17)26-16-18-7-3-1-4-8-18/h1-15H,16H2/b21-15+. The van der Waals surface area contributed by atoms with E-state index in [0.717, 1.165) is 22.6 Å². The zero-order chi connectivity index (χ0) is 19.3. The van der Waals surface area contributed by atoms with E-state index in [-0.39, 0.29) is 5.91 Å². The summed E-state index contributed by atoms with van der Waals surface area (Å²) in [6.45, 7) is 0.524. The van der Waals surface area contributed by atoms with Crippen LogP contribution in [0.5, 0.6) is 5.75 Å². The number of hydrogen-bond donors (Lipinski definition) is 0. The monoisotopic (exact) mass is 403 g/mol. The molecule has 0 saturated carbocycles. The van der Waals surface area contributed by atoms with Gasteiger partial charge in [-0.25, -0.2) is 0 Å². The number of carbonyl (C=O) groups excluding carboxylic acids is 1. The van der Waals surface area contributed by atoms with Crippen molar-refractivity contribution >= 4 is 46.0 Å². The first-order valence-corrected chi connectivity index (χ1v) is 10.0. The number of thiocarbonyl (C=S) groups is 1. The zero-order valence-electron chi connectivity index (χ0n) is 14.9. The molecule has 0 bridgehead atoms. The summed E-state index contributed by atoms with van der Waals surface area (Å²) in [6, 6.07) is 27.2. The lowest BCUT2D eigenvalue weighted by molar-refractivity contribution is -0.113. The smallest absolute Gasteiger partial charge is 0.270 e. The molecule has 4 rings (SSSR count). The number of hydrogen-bond acceptors (Lipinski definition) is 4. The Balaban J connectivity index is 1.45. The molecule has 5 heteroatoms. The van der Waals surface area contributed by atoms with Crippen LogP contribution in [-0.4, -0.2) is 10.2 Å². The van der Waals surface area contributed by atoms with Crippen molar-refractivity contribution in [3.8, 4) is 5.75 Å². The van der Waals surface area contributed by atoms with Gasteiger partial charge in [-0.3, -0.25) is 9.69 Å². The fourth-order valence-electron chi connectivity index (χ4n) is 2.82. The highest BCUT2D eigenvalue weighted by Gasteiger charge is 2.33. The van der Waals surface area contributed by atoms with E-state index in [1.807, 2.05) is 91.0 Å². The molecule has 0 aliphatic carbocycles. The summed E-state index contributed by atoms with van der Waals surface area (Å²) in [5, 5.41) is 0. The molecule has 0 unspecified atom stereocenters. The number of amides is 1. The van der Waals surface area contributed by atoms with Gasteiger partial charge in [0.25, 0.3) is 5.91 Å². The van der Waals surface area contributed by atoms with Crippen molar-refractivity contribution in [2.45, 2.75) is 6.61 Å². The van der Waals surface area contributed by atoms with E-state index in [1.165, 1.54) is 11.8 Å². The third-order valence-electron chi connectivity index (χ3n) is 4.23. The summed E-state index contributed by atoms with van der Waals surface area (Å²) >= 11 is 6.72. The maximum Gasteiger partial charge on any atom is 0.270 e. The van der Waals surface area contributed by atoms with E-state index in [9.17, 15) is 4.79 Å². The van der Waals surface area contributed by atoms with Gasteiger partial charge in [0.05, 0.1) is 10.6 Å². The van der Waals surface area contributed by atoms with Crippen LogP contribution in [-0.2, 0) is 11.4 Å². The minimum atomic E-state index is -0.0920. The van der Waals surface area contributed by atoms with Crippen LogP contribution >= 0.6 is 24.0 Å². The van der Waals surface area contributed by atoms with Crippen LogP contribution < -0.4 is 9.64 Å². The number of benzene rings is 3.